The first kappa shape index (κ1) is 11.9. The molecule has 0 atom stereocenters. The zero-order chi connectivity index (χ0) is 14.0. The summed E-state index contributed by atoms with van der Waals surface area (Å²) in [5.41, 5.74) is 2.36. The molecule has 0 spiro atoms. The van der Waals surface area contributed by atoms with Crippen LogP contribution in [0.2, 0.25) is 0 Å². The first-order valence-electron chi connectivity index (χ1n) is 7.17. The molecule has 5 heteroatoms. The minimum atomic E-state index is 0.117. The Morgan fingerprint density at radius 3 is 2.90 bits per heavy atom. The van der Waals surface area contributed by atoms with Crippen molar-refractivity contribution in [1.29, 1.82) is 0 Å². The average molecular weight is 312 g/mol. The number of thiazole rings is 1. The largest absolute Gasteiger partial charge is 0.268 e. The number of aryl methyl sites for hydroxylation is 2. The van der Waals surface area contributed by atoms with E-state index in [2.05, 4.69) is 6.07 Å². The summed E-state index contributed by atoms with van der Waals surface area (Å²) >= 11 is 3.32. The highest BCUT2D eigenvalue weighted by atomic mass is 32.1. The molecule has 0 fully saturated rings. The summed E-state index contributed by atoms with van der Waals surface area (Å²) < 4.78 is 2.91. The van der Waals surface area contributed by atoms with Crippen molar-refractivity contribution in [2.75, 3.05) is 0 Å². The molecule has 1 aromatic carbocycles. The number of hydrogen-bond donors (Lipinski definition) is 0. The Hall–Kier alpha value is -1.72. The summed E-state index contributed by atoms with van der Waals surface area (Å²) in [7, 11) is 0. The van der Waals surface area contributed by atoms with E-state index in [1.165, 1.54) is 23.3 Å². The summed E-state index contributed by atoms with van der Waals surface area (Å²) in [6.07, 6.45) is 4.55. The number of hydrogen-bond acceptors (Lipinski definition) is 4. The van der Waals surface area contributed by atoms with Gasteiger partial charge in [0.15, 0.2) is 4.96 Å². The summed E-state index contributed by atoms with van der Waals surface area (Å²) in [5, 5.41) is 0.871. The maximum atomic E-state index is 13.0. The Morgan fingerprint density at radius 2 is 1.95 bits per heavy atom. The summed E-state index contributed by atoms with van der Waals surface area (Å²) in [6, 6.07) is 8.05. The van der Waals surface area contributed by atoms with Crippen molar-refractivity contribution < 1.29 is 0 Å². The molecule has 3 heterocycles. The van der Waals surface area contributed by atoms with Gasteiger partial charge in [0.25, 0.3) is 5.56 Å². The van der Waals surface area contributed by atoms with Crippen molar-refractivity contribution >= 4 is 48.1 Å². The summed E-state index contributed by atoms with van der Waals surface area (Å²) in [5.74, 6) is 0. The maximum absolute atomic E-state index is 13.0. The molecule has 3 nitrogen and oxygen atoms in total. The molecule has 0 N–H and O–H groups in total. The number of para-hydroxylation sites is 1. The van der Waals surface area contributed by atoms with Gasteiger partial charge in [-0.25, -0.2) is 4.98 Å². The fourth-order valence-electron chi connectivity index (χ4n) is 3.29. The van der Waals surface area contributed by atoms with E-state index in [0.717, 1.165) is 38.2 Å². The number of rotatable bonds is 0. The summed E-state index contributed by atoms with van der Waals surface area (Å²) in [4.78, 5) is 20.9. The van der Waals surface area contributed by atoms with Gasteiger partial charge in [-0.05, 0) is 43.4 Å². The van der Waals surface area contributed by atoms with E-state index in [9.17, 15) is 4.79 Å². The average Bonchev–Trinajstić information content (AvgIpc) is 3.04. The van der Waals surface area contributed by atoms with Crippen molar-refractivity contribution in [3.05, 3.63) is 45.1 Å². The lowest BCUT2D eigenvalue weighted by Gasteiger charge is -2.09. The van der Waals surface area contributed by atoms with Crippen LogP contribution in [0.5, 0.6) is 0 Å². The number of thiophene rings is 1. The smallest absolute Gasteiger partial charge is 0.268 e. The molecule has 0 bridgehead atoms. The Morgan fingerprint density at radius 1 is 1.10 bits per heavy atom. The molecule has 1 aliphatic rings. The molecule has 0 aliphatic heterocycles. The second-order valence-electron chi connectivity index (χ2n) is 5.50. The van der Waals surface area contributed by atoms with E-state index < -0.39 is 0 Å². The number of aromatic nitrogens is 2. The molecule has 0 saturated heterocycles. The molecule has 21 heavy (non-hydrogen) atoms. The fraction of sp³-hybridized carbons (Fsp3) is 0.250. The molecule has 0 amide bonds. The molecule has 104 valence electrons. The van der Waals surface area contributed by atoms with Gasteiger partial charge >= 0.3 is 0 Å². The van der Waals surface area contributed by atoms with E-state index in [-0.39, 0.29) is 5.56 Å². The highest BCUT2D eigenvalue weighted by Gasteiger charge is 2.21. The third-order valence-electron chi connectivity index (χ3n) is 4.27. The van der Waals surface area contributed by atoms with Crippen LogP contribution < -0.4 is 5.56 Å². The third kappa shape index (κ3) is 1.53. The zero-order valence-corrected chi connectivity index (χ0v) is 12.9. The normalized spacial score (nSPS) is 15.0. The van der Waals surface area contributed by atoms with Crippen LogP contribution >= 0.6 is 22.7 Å². The van der Waals surface area contributed by atoms with Crippen LogP contribution in [0.25, 0.3) is 25.4 Å². The second kappa shape index (κ2) is 4.15. The molecular formula is C16H12N2OS2. The van der Waals surface area contributed by atoms with Crippen LogP contribution in [0.3, 0.4) is 0 Å². The van der Waals surface area contributed by atoms with E-state index >= 15 is 0 Å². The standard InChI is InChI=1S/C16H12N2OS2/c19-15-13-9-5-1-3-7-11(9)20-14(13)17-16-18(15)10-6-2-4-8-12(10)21-16/h2,4,6,8H,1,3,5,7H2. The first-order valence-corrected chi connectivity index (χ1v) is 8.81. The lowest BCUT2D eigenvalue weighted by molar-refractivity contribution is 0.700. The molecule has 0 radical (unpaired) electrons. The molecule has 5 rings (SSSR count). The lowest BCUT2D eigenvalue weighted by atomic mass is 9.97. The lowest BCUT2D eigenvalue weighted by Crippen LogP contribution is -2.14. The fourth-order valence-corrected chi connectivity index (χ4v) is 5.62. The Bertz CT molecular complexity index is 1070. The van der Waals surface area contributed by atoms with Gasteiger partial charge in [0, 0.05) is 4.88 Å². The van der Waals surface area contributed by atoms with Gasteiger partial charge in [-0.1, -0.05) is 23.5 Å². The van der Waals surface area contributed by atoms with Gasteiger partial charge in [-0.2, -0.15) is 0 Å². The van der Waals surface area contributed by atoms with Gasteiger partial charge in [-0.15, -0.1) is 11.3 Å². The topological polar surface area (TPSA) is 34.4 Å². The highest BCUT2D eigenvalue weighted by Crippen LogP contribution is 2.35. The molecular weight excluding hydrogens is 300 g/mol. The first-order chi connectivity index (χ1) is 10.3. The van der Waals surface area contributed by atoms with Crippen molar-refractivity contribution in [3.8, 4) is 0 Å². The Kier molecular flexibility index (Phi) is 2.35. The van der Waals surface area contributed by atoms with E-state index in [1.807, 2.05) is 18.2 Å². The monoisotopic (exact) mass is 312 g/mol. The van der Waals surface area contributed by atoms with Crippen LogP contribution in [-0.4, -0.2) is 9.38 Å². The van der Waals surface area contributed by atoms with Gasteiger partial charge in [-0.3, -0.25) is 9.20 Å². The van der Waals surface area contributed by atoms with Gasteiger partial charge in [0.2, 0.25) is 0 Å². The summed E-state index contributed by atoms with van der Waals surface area (Å²) in [6.45, 7) is 0. The van der Waals surface area contributed by atoms with Crippen LogP contribution in [0.4, 0.5) is 0 Å². The van der Waals surface area contributed by atoms with Crippen LogP contribution in [0.1, 0.15) is 23.3 Å². The minimum Gasteiger partial charge on any atom is -0.268 e. The van der Waals surface area contributed by atoms with E-state index in [4.69, 9.17) is 4.98 Å². The van der Waals surface area contributed by atoms with Crippen molar-refractivity contribution in [2.24, 2.45) is 0 Å². The van der Waals surface area contributed by atoms with E-state index in [1.54, 1.807) is 27.1 Å². The van der Waals surface area contributed by atoms with Crippen molar-refractivity contribution in [2.45, 2.75) is 25.7 Å². The third-order valence-corrected chi connectivity index (χ3v) is 6.47. The second-order valence-corrected chi connectivity index (χ2v) is 7.59. The molecule has 3 aromatic heterocycles. The Labute approximate surface area is 128 Å². The number of nitrogens with zero attached hydrogens (tertiary/aromatic N) is 2. The SMILES string of the molecule is O=c1c2c3c(sc2nc2sc4ccccc4n12)CCCC3. The van der Waals surface area contributed by atoms with Gasteiger partial charge in [0.05, 0.1) is 15.6 Å². The number of fused-ring (bicyclic) bond motifs is 6. The van der Waals surface area contributed by atoms with Crippen LogP contribution in [0, 0.1) is 0 Å². The quantitative estimate of drug-likeness (QED) is 0.492. The van der Waals surface area contributed by atoms with Crippen molar-refractivity contribution in [1.82, 2.24) is 9.38 Å². The molecule has 0 saturated carbocycles. The zero-order valence-electron chi connectivity index (χ0n) is 11.3. The molecule has 4 aromatic rings. The van der Waals surface area contributed by atoms with Gasteiger partial charge in [0.1, 0.15) is 4.83 Å². The molecule has 0 unspecified atom stereocenters. The minimum absolute atomic E-state index is 0.117. The Balaban J connectivity index is 2.03. The predicted octanol–water partition coefficient (Wildman–Crippen LogP) is 4.00. The van der Waals surface area contributed by atoms with Crippen molar-refractivity contribution in [3.63, 3.8) is 0 Å². The predicted molar refractivity (Wildman–Crippen MR) is 88.9 cm³/mol. The maximum Gasteiger partial charge on any atom is 0.268 e. The van der Waals surface area contributed by atoms with Crippen LogP contribution in [0.15, 0.2) is 29.1 Å². The van der Waals surface area contributed by atoms with E-state index in [0.29, 0.717) is 0 Å². The van der Waals surface area contributed by atoms with Crippen LogP contribution in [-0.2, 0) is 12.8 Å². The molecule has 1 aliphatic carbocycles. The highest BCUT2D eigenvalue weighted by molar-refractivity contribution is 7.24. The van der Waals surface area contributed by atoms with Gasteiger partial charge < -0.3 is 0 Å². The number of benzene rings is 1.